The van der Waals surface area contributed by atoms with Gasteiger partial charge in [0.25, 0.3) is 0 Å². The second-order valence-electron chi connectivity index (χ2n) is 6.39. The van der Waals surface area contributed by atoms with Crippen molar-refractivity contribution in [2.45, 2.75) is 46.6 Å². The van der Waals surface area contributed by atoms with Gasteiger partial charge in [-0.05, 0) is 37.2 Å². The number of hydrogen-bond acceptors (Lipinski definition) is 5. The molecule has 0 aromatic carbocycles. The van der Waals surface area contributed by atoms with Gasteiger partial charge in [0.1, 0.15) is 11.3 Å². The summed E-state index contributed by atoms with van der Waals surface area (Å²) in [7, 11) is 0. The van der Waals surface area contributed by atoms with Crippen molar-refractivity contribution in [3.63, 3.8) is 0 Å². The quantitative estimate of drug-likeness (QED) is 0.475. The molecule has 6 nitrogen and oxygen atoms in total. The highest BCUT2D eigenvalue weighted by molar-refractivity contribution is 5.75. The van der Waals surface area contributed by atoms with Crippen molar-refractivity contribution in [1.82, 2.24) is 24.9 Å². The molecule has 0 atom stereocenters. The van der Waals surface area contributed by atoms with Crippen molar-refractivity contribution < 1.29 is 5.21 Å². The van der Waals surface area contributed by atoms with Gasteiger partial charge in [0, 0.05) is 25.7 Å². The number of nitrogens with one attached hydrogen (secondary N) is 1. The molecule has 2 rings (SSSR count). The van der Waals surface area contributed by atoms with Crippen LogP contribution in [0.1, 0.15) is 45.0 Å². The molecule has 2 N–H and O–H groups in total. The fourth-order valence-corrected chi connectivity index (χ4v) is 2.94. The molecule has 0 bridgehead atoms. The molecular weight excluding hydrogens is 326 g/mol. The molecule has 142 valence electrons. The summed E-state index contributed by atoms with van der Waals surface area (Å²) in [4.78, 5) is 11.9. The van der Waals surface area contributed by atoms with E-state index < -0.39 is 0 Å². The fraction of sp³-hybridized carbons (Fsp3) is 0.500. The number of aryl methyl sites for hydroxylation is 1. The third-order valence-corrected chi connectivity index (χ3v) is 4.59. The molecule has 0 saturated carbocycles. The molecule has 2 aromatic rings. The first kappa shape index (κ1) is 20.1. The van der Waals surface area contributed by atoms with Crippen LogP contribution in [0.4, 0.5) is 0 Å². The first-order valence-electron chi connectivity index (χ1n) is 9.47. The number of imidazole rings is 1. The van der Waals surface area contributed by atoms with Gasteiger partial charge in [-0.3, -0.25) is 10.7 Å². The maximum absolute atomic E-state index is 8.82. The Labute approximate surface area is 156 Å². The Balaban J connectivity index is 2.31. The highest BCUT2D eigenvalue weighted by Crippen LogP contribution is 2.18. The number of nitrogens with zero attached hydrogens (tertiary/aromatic N) is 4. The number of aromatic nitrogens is 3. The monoisotopic (exact) mass is 357 g/mol. The smallest absolute Gasteiger partial charge is 0.160 e. The van der Waals surface area contributed by atoms with Crippen molar-refractivity contribution in [3.05, 3.63) is 42.0 Å². The van der Waals surface area contributed by atoms with E-state index in [2.05, 4.69) is 41.8 Å². The summed E-state index contributed by atoms with van der Waals surface area (Å²) in [5.74, 6) is 1.11. The molecule has 0 unspecified atom stereocenters. The van der Waals surface area contributed by atoms with Gasteiger partial charge in [0.15, 0.2) is 5.65 Å². The number of unbranched alkanes of at least 4 members (excludes halogenated alkanes) is 1. The van der Waals surface area contributed by atoms with Crippen LogP contribution < -0.4 is 5.48 Å². The second kappa shape index (κ2) is 10.1. The predicted octanol–water partition coefficient (Wildman–Crippen LogP) is 3.62. The Morgan fingerprint density at radius 3 is 2.77 bits per heavy atom. The second-order valence-corrected chi connectivity index (χ2v) is 6.39. The number of likely N-dealkylation sites (N-methyl/N-ethyl adjacent to an activating group) is 1. The lowest BCUT2D eigenvalue weighted by molar-refractivity contribution is 0.205. The summed E-state index contributed by atoms with van der Waals surface area (Å²) in [6.07, 6.45) is 8.65. The van der Waals surface area contributed by atoms with Gasteiger partial charge in [-0.1, -0.05) is 39.8 Å². The first-order valence-corrected chi connectivity index (χ1v) is 9.47. The molecule has 0 fully saturated rings. The van der Waals surface area contributed by atoms with Gasteiger partial charge >= 0.3 is 0 Å². The van der Waals surface area contributed by atoms with Gasteiger partial charge in [-0.15, -0.1) is 0 Å². The summed E-state index contributed by atoms with van der Waals surface area (Å²) in [5, 5.41) is 8.82. The fourth-order valence-electron chi connectivity index (χ4n) is 2.94. The lowest BCUT2D eigenvalue weighted by Crippen LogP contribution is -2.27. The van der Waals surface area contributed by atoms with Gasteiger partial charge in [-0.2, -0.15) is 0 Å². The predicted molar refractivity (Wildman–Crippen MR) is 107 cm³/mol. The maximum atomic E-state index is 8.82. The average Bonchev–Trinajstić information content (AvgIpc) is 3.01. The zero-order valence-electron chi connectivity index (χ0n) is 16.2. The van der Waals surface area contributed by atoms with Crippen molar-refractivity contribution in [3.8, 4) is 0 Å². The van der Waals surface area contributed by atoms with Crippen LogP contribution in [0, 0.1) is 0 Å². The highest BCUT2D eigenvalue weighted by Gasteiger charge is 2.13. The maximum Gasteiger partial charge on any atom is 0.160 e. The molecule has 26 heavy (non-hydrogen) atoms. The van der Waals surface area contributed by atoms with Gasteiger partial charge in [-0.25, -0.2) is 9.97 Å². The number of allylic oxidation sites excluding steroid dienone is 1. The van der Waals surface area contributed by atoms with Crippen LogP contribution in [0.5, 0.6) is 0 Å². The highest BCUT2D eigenvalue weighted by atomic mass is 16.5. The summed E-state index contributed by atoms with van der Waals surface area (Å²) in [6, 6.07) is 2.03. The molecule has 6 heteroatoms. The zero-order chi connectivity index (χ0) is 18.9. The Bertz CT molecular complexity index is 746. The van der Waals surface area contributed by atoms with Gasteiger partial charge in [0.05, 0.1) is 5.70 Å². The minimum absolute atomic E-state index is 0.429. The molecule has 2 aromatic heterocycles. The van der Waals surface area contributed by atoms with Gasteiger partial charge < -0.3 is 9.47 Å². The summed E-state index contributed by atoms with van der Waals surface area (Å²) in [5.41, 5.74) is 5.25. The standard InChI is InChI=1S/C20H31N5O/c1-5-8-9-19-22-18-14-17(11-10-16(4)23-26)15-21-20(18)25(19)13-12-24(6-2)7-3/h10-11,14-15,23,26H,4-9,12-13H2,1-3H3/b11-10+. The average molecular weight is 358 g/mol. The zero-order valence-corrected chi connectivity index (χ0v) is 16.2. The van der Waals surface area contributed by atoms with Crippen LogP contribution in [0.25, 0.3) is 17.2 Å². The van der Waals surface area contributed by atoms with Crippen LogP contribution in [-0.4, -0.2) is 44.3 Å². The Morgan fingerprint density at radius 2 is 2.12 bits per heavy atom. The molecule has 2 heterocycles. The van der Waals surface area contributed by atoms with Crippen molar-refractivity contribution in [1.29, 1.82) is 0 Å². The largest absolute Gasteiger partial charge is 0.311 e. The van der Waals surface area contributed by atoms with E-state index in [0.29, 0.717) is 5.70 Å². The summed E-state index contributed by atoms with van der Waals surface area (Å²) >= 11 is 0. The molecule has 0 aliphatic heterocycles. The van der Waals surface area contributed by atoms with E-state index in [9.17, 15) is 0 Å². The number of pyridine rings is 1. The lowest BCUT2D eigenvalue weighted by atomic mass is 10.2. The molecule has 0 spiro atoms. The van der Waals surface area contributed by atoms with Crippen LogP contribution in [-0.2, 0) is 13.0 Å². The Kier molecular flexibility index (Phi) is 7.81. The van der Waals surface area contributed by atoms with Crippen LogP contribution in [0.15, 0.2) is 30.6 Å². The van der Waals surface area contributed by atoms with E-state index in [1.807, 2.05) is 23.8 Å². The first-order chi connectivity index (χ1) is 12.6. The minimum atomic E-state index is 0.429. The van der Waals surface area contributed by atoms with E-state index in [4.69, 9.17) is 10.2 Å². The van der Waals surface area contributed by atoms with E-state index >= 15 is 0 Å². The van der Waals surface area contributed by atoms with Crippen LogP contribution in [0.3, 0.4) is 0 Å². The van der Waals surface area contributed by atoms with Crippen molar-refractivity contribution in [2.24, 2.45) is 0 Å². The van der Waals surface area contributed by atoms with Crippen LogP contribution >= 0.6 is 0 Å². The molecule has 0 amide bonds. The Hall–Kier alpha value is -2.18. The molecule has 0 saturated heterocycles. The summed E-state index contributed by atoms with van der Waals surface area (Å²) < 4.78 is 2.27. The van der Waals surface area contributed by atoms with E-state index in [1.165, 1.54) is 0 Å². The van der Waals surface area contributed by atoms with E-state index in [-0.39, 0.29) is 0 Å². The molecule has 0 aliphatic rings. The molecule has 0 radical (unpaired) electrons. The number of rotatable bonds is 11. The van der Waals surface area contributed by atoms with Crippen molar-refractivity contribution >= 4 is 17.2 Å². The number of hydroxylamine groups is 1. The van der Waals surface area contributed by atoms with Crippen LogP contribution in [0.2, 0.25) is 0 Å². The third-order valence-electron chi connectivity index (χ3n) is 4.59. The van der Waals surface area contributed by atoms with Crippen molar-refractivity contribution in [2.75, 3.05) is 19.6 Å². The lowest BCUT2D eigenvalue weighted by Gasteiger charge is -2.19. The third kappa shape index (κ3) is 5.16. The minimum Gasteiger partial charge on any atom is -0.311 e. The van der Waals surface area contributed by atoms with E-state index in [1.54, 1.807) is 6.08 Å². The number of fused-ring (bicyclic) bond motifs is 1. The summed E-state index contributed by atoms with van der Waals surface area (Å²) in [6.45, 7) is 14.3. The molecular formula is C20H31N5O. The van der Waals surface area contributed by atoms with E-state index in [0.717, 1.165) is 68.0 Å². The Morgan fingerprint density at radius 1 is 1.35 bits per heavy atom. The normalized spacial score (nSPS) is 11.7. The molecule has 0 aliphatic carbocycles. The number of hydrogen-bond donors (Lipinski definition) is 2. The topological polar surface area (TPSA) is 66.2 Å². The van der Waals surface area contributed by atoms with Gasteiger partial charge in [0.2, 0.25) is 0 Å². The SMILES string of the molecule is C=C(/C=C/c1cnc2c(c1)nc(CCCC)n2CCN(CC)CC)NO.